The number of hydrogen-bond donors (Lipinski definition) is 0. The van der Waals surface area contributed by atoms with Gasteiger partial charge in [-0.2, -0.15) is 0 Å². The maximum Gasteiger partial charge on any atom is 0.266 e. The fourth-order valence-corrected chi connectivity index (χ4v) is 4.65. The van der Waals surface area contributed by atoms with E-state index in [1.54, 1.807) is 24.3 Å². The molecule has 0 N–H and O–H groups in total. The highest BCUT2D eigenvalue weighted by atomic mass is 35.5. The number of halogens is 3. The topological polar surface area (TPSA) is 54.5 Å². The van der Waals surface area contributed by atoms with Crippen molar-refractivity contribution in [3.05, 3.63) is 58.1 Å². The van der Waals surface area contributed by atoms with Gasteiger partial charge in [-0.3, -0.25) is 9.10 Å². The molecule has 2 rings (SSSR count). The summed E-state index contributed by atoms with van der Waals surface area (Å²) in [7, 11) is -4.15. The van der Waals surface area contributed by atoms with Gasteiger partial charge in [-0.25, -0.2) is 8.42 Å². The molecule has 0 saturated heterocycles. The van der Waals surface area contributed by atoms with Crippen molar-refractivity contribution in [1.82, 2.24) is 0 Å². The smallest absolute Gasteiger partial charge is 0.266 e. The van der Waals surface area contributed by atoms with Crippen molar-refractivity contribution in [3.8, 4) is 0 Å². The third-order valence-electron chi connectivity index (χ3n) is 3.40. The summed E-state index contributed by atoms with van der Waals surface area (Å²) < 4.78 is 27.2. The third kappa shape index (κ3) is 3.86. The number of aryl methyl sites for hydroxylation is 1. The molecule has 1 atom stereocenters. The number of sulfonamides is 1. The van der Waals surface area contributed by atoms with Gasteiger partial charge >= 0.3 is 0 Å². The van der Waals surface area contributed by atoms with Gasteiger partial charge in [0.2, 0.25) is 5.24 Å². The summed E-state index contributed by atoms with van der Waals surface area (Å²) in [5.74, 6) is 0. The zero-order valence-corrected chi connectivity index (χ0v) is 15.9. The predicted molar refractivity (Wildman–Crippen MR) is 97.6 cm³/mol. The van der Waals surface area contributed by atoms with Crippen LogP contribution in [0.15, 0.2) is 47.4 Å². The maximum atomic E-state index is 13.1. The van der Waals surface area contributed by atoms with Gasteiger partial charge in [0.05, 0.1) is 10.7 Å². The zero-order valence-electron chi connectivity index (χ0n) is 12.8. The summed E-state index contributed by atoms with van der Waals surface area (Å²) in [6.07, 6.45) is 0. The quantitative estimate of drug-likeness (QED) is 0.679. The summed E-state index contributed by atoms with van der Waals surface area (Å²) in [4.78, 5) is 11.5. The highest BCUT2D eigenvalue weighted by Gasteiger charge is 2.34. The van der Waals surface area contributed by atoms with Crippen molar-refractivity contribution < 1.29 is 13.2 Å². The summed E-state index contributed by atoms with van der Waals surface area (Å²) in [6, 6.07) is 9.67. The minimum absolute atomic E-state index is 0.00531. The second kappa shape index (κ2) is 7.31. The van der Waals surface area contributed by atoms with Crippen LogP contribution in [0.25, 0.3) is 0 Å². The van der Waals surface area contributed by atoms with Crippen LogP contribution < -0.4 is 4.31 Å². The molecule has 2 aromatic carbocycles. The van der Waals surface area contributed by atoms with E-state index in [-0.39, 0.29) is 14.9 Å². The van der Waals surface area contributed by atoms with Gasteiger partial charge in [0.1, 0.15) is 10.9 Å². The second-order valence-corrected chi connectivity index (χ2v) is 8.19. The van der Waals surface area contributed by atoms with Gasteiger partial charge in [-0.1, -0.05) is 40.9 Å². The van der Waals surface area contributed by atoms with Crippen molar-refractivity contribution in [2.45, 2.75) is 24.8 Å². The summed E-state index contributed by atoms with van der Waals surface area (Å²) in [5, 5.41) is -0.588. The minimum atomic E-state index is -4.15. The number of rotatable bonds is 5. The molecule has 0 bridgehead atoms. The summed E-state index contributed by atoms with van der Waals surface area (Å²) in [5.41, 5.74) is 1.25. The largest absolute Gasteiger partial charge is 0.279 e. The fourth-order valence-electron chi connectivity index (χ4n) is 2.14. The zero-order chi connectivity index (χ0) is 18.1. The van der Waals surface area contributed by atoms with Crippen LogP contribution in [0.1, 0.15) is 12.5 Å². The Hall–Kier alpha value is -1.27. The first kappa shape index (κ1) is 19.1. The number of benzene rings is 2. The van der Waals surface area contributed by atoms with E-state index in [1.165, 1.54) is 25.1 Å². The lowest BCUT2D eigenvalue weighted by molar-refractivity contribution is -0.112. The van der Waals surface area contributed by atoms with Crippen molar-refractivity contribution in [1.29, 1.82) is 0 Å². The number of carbonyl (C=O) groups excluding carboxylic acids is 1. The van der Waals surface area contributed by atoms with E-state index in [1.807, 2.05) is 6.92 Å². The van der Waals surface area contributed by atoms with Gasteiger partial charge in [0.15, 0.2) is 0 Å². The van der Waals surface area contributed by atoms with Crippen LogP contribution in [-0.4, -0.2) is 19.7 Å². The molecular weight excluding hydrogens is 393 g/mol. The highest BCUT2D eigenvalue weighted by Crippen LogP contribution is 2.32. The molecule has 1 unspecified atom stereocenters. The predicted octanol–water partition coefficient (Wildman–Crippen LogP) is 4.65. The van der Waals surface area contributed by atoms with Gasteiger partial charge in [-0.05, 0) is 55.8 Å². The molecule has 0 aliphatic carbocycles. The first-order chi connectivity index (χ1) is 11.1. The molecule has 24 heavy (non-hydrogen) atoms. The van der Waals surface area contributed by atoms with E-state index < -0.39 is 21.3 Å². The number of hydrogen-bond acceptors (Lipinski definition) is 3. The van der Waals surface area contributed by atoms with Gasteiger partial charge in [0, 0.05) is 5.02 Å². The molecule has 4 nitrogen and oxygen atoms in total. The third-order valence-corrected chi connectivity index (χ3v) is 6.33. The van der Waals surface area contributed by atoms with Crippen molar-refractivity contribution in [2.75, 3.05) is 4.31 Å². The number of anilines is 1. The molecule has 0 aromatic heterocycles. The van der Waals surface area contributed by atoms with Crippen LogP contribution in [0.4, 0.5) is 5.69 Å². The Balaban J connectivity index is 2.67. The Bertz CT molecular complexity index is 867. The minimum Gasteiger partial charge on any atom is -0.279 e. The average molecular weight is 407 g/mol. The first-order valence-electron chi connectivity index (χ1n) is 6.90. The van der Waals surface area contributed by atoms with E-state index in [9.17, 15) is 13.2 Å². The molecule has 0 spiro atoms. The fraction of sp³-hybridized carbons (Fsp3) is 0.188. The lowest BCUT2D eigenvalue weighted by Crippen LogP contribution is -2.42. The van der Waals surface area contributed by atoms with Crippen molar-refractivity contribution in [2.24, 2.45) is 0 Å². The Kier molecular flexibility index (Phi) is 5.81. The van der Waals surface area contributed by atoms with Crippen LogP contribution in [0.3, 0.4) is 0 Å². The average Bonchev–Trinajstić information content (AvgIpc) is 2.51. The molecule has 2 aromatic rings. The molecule has 0 saturated carbocycles. The van der Waals surface area contributed by atoms with E-state index in [4.69, 9.17) is 34.8 Å². The Labute approximate surface area is 156 Å². The molecule has 128 valence electrons. The summed E-state index contributed by atoms with van der Waals surface area (Å²) >= 11 is 17.5. The van der Waals surface area contributed by atoms with Crippen LogP contribution in [0, 0.1) is 6.92 Å². The van der Waals surface area contributed by atoms with E-state index in [2.05, 4.69) is 0 Å². The first-order valence-corrected chi connectivity index (χ1v) is 9.47. The standard InChI is InChI=1S/C16H14Cl3NO3S/c1-10-3-6-13(7-4-10)20(11(2)16(19)21)24(22,23)15-9-12(17)5-8-14(15)18/h3-9,11H,1-2H3. The normalized spacial score (nSPS) is 12.7. The summed E-state index contributed by atoms with van der Waals surface area (Å²) in [6.45, 7) is 3.28. The molecule has 8 heteroatoms. The van der Waals surface area contributed by atoms with E-state index >= 15 is 0 Å². The molecule has 0 amide bonds. The highest BCUT2D eigenvalue weighted by molar-refractivity contribution is 7.93. The van der Waals surface area contributed by atoms with Crippen molar-refractivity contribution in [3.63, 3.8) is 0 Å². The molecule has 0 heterocycles. The SMILES string of the molecule is Cc1ccc(N(C(C)C(=O)Cl)S(=O)(=O)c2cc(Cl)ccc2Cl)cc1. The lowest BCUT2D eigenvalue weighted by atomic mass is 10.2. The molecule has 0 fully saturated rings. The lowest BCUT2D eigenvalue weighted by Gasteiger charge is -2.28. The van der Waals surface area contributed by atoms with Gasteiger partial charge in [-0.15, -0.1) is 0 Å². The molecule has 0 radical (unpaired) electrons. The second-order valence-electron chi connectivity index (χ2n) is 5.19. The maximum absolute atomic E-state index is 13.1. The monoisotopic (exact) mass is 405 g/mol. The van der Waals surface area contributed by atoms with Crippen LogP contribution in [0.5, 0.6) is 0 Å². The molecule has 0 aliphatic heterocycles. The Morgan fingerprint density at radius 1 is 1.08 bits per heavy atom. The van der Waals surface area contributed by atoms with Crippen LogP contribution in [0.2, 0.25) is 10.0 Å². The Morgan fingerprint density at radius 3 is 2.21 bits per heavy atom. The molecular formula is C16H14Cl3NO3S. The van der Waals surface area contributed by atoms with Crippen LogP contribution in [-0.2, 0) is 14.8 Å². The number of carbonyl (C=O) groups is 1. The van der Waals surface area contributed by atoms with Crippen molar-refractivity contribution >= 4 is 55.8 Å². The van der Waals surface area contributed by atoms with Gasteiger partial charge in [0.25, 0.3) is 10.0 Å². The van der Waals surface area contributed by atoms with E-state index in [0.717, 1.165) is 9.87 Å². The molecule has 0 aliphatic rings. The Morgan fingerprint density at radius 2 is 1.67 bits per heavy atom. The van der Waals surface area contributed by atoms with Gasteiger partial charge < -0.3 is 0 Å². The number of nitrogens with zero attached hydrogens (tertiary/aromatic N) is 1. The van der Waals surface area contributed by atoms with Crippen LogP contribution >= 0.6 is 34.8 Å². The van der Waals surface area contributed by atoms with E-state index in [0.29, 0.717) is 5.69 Å².